The Labute approximate surface area is 127 Å². The molecule has 9 heteroatoms. The molecule has 0 spiro atoms. The van der Waals surface area contributed by atoms with Crippen molar-refractivity contribution in [1.82, 2.24) is 0 Å². The fourth-order valence-corrected chi connectivity index (χ4v) is 1.84. The number of aliphatic hydroxyl groups excluding tert-OH is 2. The topological polar surface area (TPSA) is 102 Å². The summed E-state index contributed by atoms with van der Waals surface area (Å²) in [5, 5.41) is 19.9. The molecule has 3 unspecified atom stereocenters. The molecule has 0 fully saturated rings. The lowest BCUT2D eigenvalue weighted by molar-refractivity contribution is -0.331. The van der Waals surface area contributed by atoms with Crippen LogP contribution in [0, 0.1) is 0 Å². The van der Waals surface area contributed by atoms with Gasteiger partial charge >= 0.3 is 12.3 Å². The van der Waals surface area contributed by atoms with E-state index in [0.29, 0.717) is 6.42 Å². The highest BCUT2D eigenvalue weighted by atomic mass is 19.4. The van der Waals surface area contributed by atoms with E-state index in [1.165, 1.54) is 6.92 Å². The first kappa shape index (κ1) is 21.1. The first-order chi connectivity index (χ1) is 10.1. The number of carbonyl (C=O) groups excluding carboxylic acids is 1. The summed E-state index contributed by atoms with van der Waals surface area (Å²) in [4.78, 5) is 11.8. The Morgan fingerprint density at radius 1 is 1.23 bits per heavy atom. The Balaban J connectivity index is 4.99. The molecule has 0 radical (unpaired) electrons. The van der Waals surface area contributed by atoms with Gasteiger partial charge in [-0.05, 0) is 13.3 Å². The second-order valence-electron chi connectivity index (χ2n) is 5.00. The van der Waals surface area contributed by atoms with Crippen LogP contribution in [-0.4, -0.2) is 53.5 Å². The van der Waals surface area contributed by atoms with Crippen LogP contribution in [0.2, 0.25) is 0 Å². The van der Waals surface area contributed by atoms with Crippen LogP contribution in [-0.2, 0) is 14.3 Å². The number of nitrogens with two attached hydrogens (primary N) is 1. The van der Waals surface area contributed by atoms with Crippen LogP contribution < -0.4 is 5.73 Å². The number of alkyl halides is 3. The molecule has 0 aromatic carbocycles. The third-order valence-electron chi connectivity index (χ3n) is 3.13. The molecule has 0 aromatic rings. The lowest BCUT2D eigenvalue weighted by Crippen LogP contribution is -2.65. The van der Waals surface area contributed by atoms with Gasteiger partial charge in [0, 0.05) is 0 Å². The zero-order valence-electron chi connectivity index (χ0n) is 12.7. The van der Waals surface area contributed by atoms with E-state index in [1.54, 1.807) is 0 Å². The lowest BCUT2D eigenvalue weighted by Gasteiger charge is -2.34. The molecule has 0 saturated carbocycles. The highest BCUT2D eigenvalue weighted by molar-refractivity contribution is 5.81. The fourth-order valence-electron chi connectivity index (χ4n) is 1.84. The molecule has 0 rings (SSSR count). The summed E-state index contributed by atoms with van der Waals surface area (Å²) in [6.45, 7) is 1.88. The van der Waals surface area contributed by atoms with Gasteiger partial charge < -0.3 is 20.7 Å². The Morgan fingerprint density at radius 2 is 1.82 bits per heavy atom. The summed E-state index contributed by atoms with van der Waals surface area (Å²) in [5.41, 5.74) is 3.07. The van der Waals surface area contributed by atoms with E-state index >= 15 is 0 Å². The smallest absolute Gasteiger partial charge is 0.464 e. The highest BCUT2D eigenvalue weighted by Crippen LogP contribution is 2.23. The molecule has 22 heavy (non-hydrogen) atoms. The van der Waals surface area contributed by atoms with Crippen LogP contribution in [0.3, 0.4) is 0 Å². The van der Waals surface area contributed by atoms with Crippen molar-refractivity contribution in [3.05, 3.63) is 0 Å². The molecule has 4 N–H and O–H groups in total. The molecule has 0 bridgehead atoms. The number of ether oxygens (including phenoxy) is 2. The Morgan fingerprint density at radius 3 is 2.27 bits per heavy atom. The van der Waals surface area contributed by atoms with E-state index in [2.05, 4.69) is 9.47 Å². The summed E-state index contributed by atoms with van der Waals surface area (Å²) >= 11 is 0. The SMILES string of the molecule is CCCCCC(O)C(O)C(N)(COC(F)(F)F)C(=O)OCC. The molecule has 132 valence electrons. The van der Waals surface area contributed by atoms with Gasteiger partial charge in [0.2, 0.25) is 0 Å². The summed E-state index contributed by atoms with van der Waals surface area (Å²) in [5.74, 6) is -1.26. The van der Waals surface area contributed by atoms with Gasteiger partial charge in [0.05, 0.1) is 19.3 Å². The largest absolute Gasteiger partial charge is 0.522 e. The second kappa shape index (κ2) is 9.29. The number of carbonyl (C=O) groups is 1. The van der Waals surface area contributed by atoms with Gasteiger partial charge in [0.1, 0.15) is 6.10 Å². The maximum Gasteiger partial charge on any atom is 0.522 e. The van der Waals surface area contributed by atoms with Crippen molar-refractivity contribution in [2.24, 2.45) is 5.73 Å². The van der Waals surface area contributed by atoms with Crippen molar-refractivity contribution in [2.75, 3.05) is 13.2 Å². The first-order valence-corrected chi connectivity index (χ1v) is 7.11. The summed E-state index contributed by atoms with van der Waals surface area (Å²) in [6, 6.07) is 0. The van der Waals surface area contributed by atoms with E-state index in [9.17, 15) is 28.2 Å². The number of hydrogen-bond acceptors (Lipinski definition) is 6. The van der Waals surface area contributed by atoms with Crippen LogP contribution in [0.5, 0.6) is 0 Å². The maximum absolute atomic E-state index is 12.2. The third-order valence-corrected chi connectivity index (χ3v) is 3.13. The Bertz CT molecular complexity index is 340. The van der Waals surface area contributed by atoms with Gasteiger partial charge in [-0.2, -0.15) is 0 Å². The minimum Gasteiger partial charge on any atom is -0.464 e. The average Bonchev–Trinajstić information content (AvgIpc) is 2.43. The predicted octanol–water partition coefficient (Wildman–Crippen LogP) is 1.09. The molecule has 0 aliphatic heterocycles. The number of aliphatic hydroxyl groups is 2. The minimum atomic E-state index is -5.02. The van der Waals surface area contributed by atoms with E-state index in [4.69, 9.17) is 5.73 Å². The molecule has 0 aliphatic carbocycles. The number of esters is 1. The van der Waals surface area contributed by atoms with E-state index < -0.39 is 36.7 Å². The van der Waals surface area contributed by atoms with Gasteiger partial charge in [-0.3, -0.25) is 4.74 Å². The molecule has 6 nitrogen and oxygen atoms in total. The van der Waals surface area contributed by atoms with Gasteiger partial charge in [-0.15, -0.1) is 13.2 Å². The van der Waals surface area contributed by atoms with Crippen molar-refractivity contribution >= 4 is 5.97 Å². The van der Waals surface area contributed by atoms with Crippen molar-refractivity contribution < 1.29 is 37.7 Å². The summed E-state index contributed by atoms with van der Waals surface area (Å²) < 4.78 is 44.7. The summed E-state index contributed by atoms with van der Waals surface area (Å²) in [7, 11) is 0. The second-order valence-corrected chi connectivity index (χ2v) is 5.00. The Kier molecular flexibility index (Phi) is 8.91. The van der Waals surface area contributed by atoms with E-state index in [1.807, 2.05) is 6.92 Å². The monoisotopic (exact) mass is 331 g/mol. The lowest BCUT2D eigenvalue weighted by atomic mass is 9.88. The predicted molar refractivity (Wildman–Crippen MR) is 71.7 cm³/mol. The molecule has 3 atom stereocenters. The van der Waals surface area contributed by atoms with Gasteiger partial charge in [-0.25, -0.2) is 4.79 Å². The van der Waals surface area contributed by atoms with Crippen molar-refractivity contribution in [1.29, 1.82) is 0 Å². The normalized spacial score (nSPS) is 17.6. The molecule has 0 amide bonds. The molecular formula is C13H24F3NO5. The maximum atomic E-state index is 12.2. The van der Waals surface area contributed by atoms with Crippen LogP contribution in [0.25, 0.3) is 0 Å². The number of hydrogen-bond donors (Lipinski definition) is 3. The van der Waals surface area contributed by atoms with Crippen LogP contribution >= 0.6 is 0 Å². The number of halogens is 3. The third kappa shape index (κ3) is 6.91. The zero-order chi connectivity index (χ0) is 17.4. The molecule has 0 aliphatic rings. The van der Waals surface area contributed by atoms with Crippen LogP contribution in [0.4, 0.5) is 13.2 Å². The minimum absolute atomic E-state index is 0.0966. The van der Waals surface area contributed by atoms with E-state index in [-0.39, 0.29) is 13.0 Å². The highest BCUT2D eigenvalue weighted by Gasteiger charge is 2.49. The quantitative estimate of drug-likeness (QED) is 0.409. The van der Waals surface area contributed by atoms with Gasteiger partial charge in [-0.1, -0.05) is 26.2 Å². The van der Waals surface area contributed by atoms with Gasteiger partial charge in [0.25, 0.3) is 0 Å². The number of unbranched alkanes of at least 4 members (excludes halogenated alkanes) is 2. The van der Waals surface area contributed by atoms with Crippen molar-refractivity contribution in [3.8, 4) is 0 Å². The number of rotatable bonds is 10. The van der Waals surface area contributed by atoms with Crippen LogP contribution in [0.15, 0.2) is 0 Å². The molecule has 0 saturated heterocycles. The van der Waals surface area contributed by atoms with Gasteiger partial charge in [0.15, 0.2) is 5.54 Å². The standard InChI is InChI=1S/C13H24F3NO5/c1-3-5-6-7-9(18)10(19)12(17,11(20)21-4-2)8-22-13(14,15)16/h9-10,18-19H,3-8,17H2,1-2H3. The zero-order valence-corrected chi connectivity index (χ0v) is 12.7. The molecular weight excluding hydrogens is 307 g/mol. The Hall–Kier alpha value is -0.900. The van der Waals surface area contributed by atoms with Crippen molar-refractivity contribution in [2.45, 2.75) is 63.6 Å². The molecule has 0 aromatic heterocycles. The first-order valence-electron chi connectivity index (χ1n) is 7.11. The fraction of sp³-hybridized carbons (Fsp3) is 0.923. The van der Waals surface area contributed by atoms with Crippen molar-refractivity contribution in [3.63, 3.8) is 0 Å². The van der Waals surface area contributed by atoms with Crippen LogP contribution in [0.1, 0.15) is 39.5 Å². The average molecular weight is 331 g/mol. The summed E-state index contributed by atoms with van der Waals surface area (Å²) in [6.07, 6.45) is -6.17. The van der Waals surface area contributed by atoms with E-state index in [0.717, 1.165) is 12.8 Å². The molecule has 0 heterocycles.